The van der Waals surface area contributed by atoms with Gasteiger partial charge in [-0.1, -0.05) is 27.7 Å². The predicted octanol–water partition coefficient (Wildman–Crippen LogP) is 2.79. The molecule has 0 aromatic rings. The van der Waals surface area contributed by atoms with Crippen LogP contribution >= 0.6 is 0 Å². The van der Waals surface area contributed by atoms with Crippen LogP contribution in [-0.4, -0.2) is 18.2 Å². The third-order valence-electron chi connectivity index (χ3n) is 4.05. The van der Waals surface area contributed by atoms with Gasteiger partial charge < -0.3 is 5.32 Å². The van der Waals surface area contributed by atoms with Crippen molar-refractivity contribution in [3.63, 3.8) is 0 Å². The van der Waals surface area contributed by atoms with Crippen LogP contribution in [0.15, 0.2) is 0 Å². The second-order valence-electron chi connectivity index (χ2n) is 6.14. The first-order chi connectivity index (χ1) is 8.43. The van der Waals surface area contributed by atoms with E-state index in [2.05, 4.69) is 33.0 Å². The maximum Gasteiger partial charge on any atom is 0.223 e. The van der Waals surface area contributed by atoms with Crippen molar-refractivity contribution in [3.05, 3.63) is 0 Å². The molecular weight excluding hydrogens is 226 g/mol. The molecule has 2 aliphatic rings. The molecule has 1 heterocycles. The Morgan fingerprint density at radius 2 is 1.61 bits per heavy atom. The van der Waals surface area contributed by atoms with Crippen molar-refractivity contribution in [1.29, 1.82) is 0 Å². The Morgan fingerprint density at radius 3 is 1.83 bits per heavy atom. The number of carbonyl (C=O) groups is 2. The van der Waals surface area contributed by atoms with E-state index in [0.29, 0.717) is 23.5 Å². The van der Waals surface area contributed by atoms with Crippen molar-refractivity contribution >= 4 is 11.7 Å². The van der Waals surface area contributed by atoms with Gasteiger partial charge in [-0.05, 0) is 31.1 Å². The molecule has 0 aromatic carbocycles. The smallest absolute Gasteiger partial charge is 0.223 e. The molecule has 0 aromatic heterocycles. The minimum atomic E-state index is 0.241. The molecule has 104 valence electrons. The Balaban J connectivity index is 0.000000180. The van der Waals surface area contributed by atoms with Crippen LogP contribution in [0.2, 0.25) is 0 Å². The summed E-state index contributed by atoms with van der Waals surface area (Å²) in [4.78, 5) is 21.9. The third kappa shape index (κ3) is 4.11. The maximum atomic E-state index is 11.0. The van der Waals surface area contributed by atoms with Gasteiger partial charge in [0, 0.05) is 24.8 Å². The fourth-order valence-corrected chi connectivity index (χ4v) is 2.80. The van der Waals surface area contributed by atoms with Crippen molar-refractivity contribution < 1.29 is 9.59 Å². The van der Waals surface area contributed by atoms with Crippen LogP contribution in [0.25, 0.3) is 0 Å². The van der Waals surface area contributed by atoms with E-state index in [4.69, 9.17) is 0 Å². The molecule has 2 fully saturated rings. The topological polar surface area (TPSA) is 46.2 Å². The number of amides is 1. The number of hydrogen-bond donors (Lipinski definition) is 1. The summed E-state index contributed by atoms with van der Waals surface area (Å²) in [5.41, 5.74) is 0. The van der Waals surface area contributed by atoms with Gasteiger partial charge >= 0.3 is 0 Å². The van der Waals surface area contributed by atoms with Gasteiger partial charge in [0.15, 0.2) is 0 Å². The summed E-state index contributed by atoms with van der Waals surface area (Å²) >= 11 is 0. The molecule has 0 radical (unpaired) electrons. The molecule has 0 bridgehead atoms. The van der Waals surface area contributed by atoms with Crippen LogP contribution in [0, 0.1) is 23.7 Å². The fraction of sp³-hybridized carbons (Fsp3) is 0.867. The van der Waals surface area contributed by atoms with Gasteiger partial charge in [0.2, 0.25) is 5.91 Å². The summed E-state index contributed by atoms with van der Waals surface area (Å²) in [6.07, 6.45) is 4.12. The molecule has 3 heteroatoms. The highest BCUT2D eigenvalue weighted by Gasteiger charge is 2.27. The Hall–Kier alpha value is -0.860. The Labute approximate surface area is 111 Å². The molecule has 1 aliphatic carbocycles. The lowest BCUT2D eigenvalue weighted by Gasteiger charge is -2.10. The fourth-order valence-electron chi connectivity index (χ4n) is 2.80. The van der Waals surface area contributed by atoms with E-state index >= 15 is 0 Å². The van der Waals surface area contributed by atoms with Crippen LogP contribution in [-0.2, 0) is 9.59 Å². The van der Waals surface area contributed by atoms with Gasteiger partial charge in [0.05, 0.1) is 0 Å². The molecule has 0 unspecified atom stereocenters. The number of hydrogen-bond acceptors (Lipinski definition) is 2. The highest BCUT2D eigenvalue weighted by Crippen LogP contribution is 2.27. The SMILES string of the molecule is CC(C)[C@@H]1CCNC1=O.CC(C)[C@H]1CCCC1=O. The van der Waals surface area contributed by atoms with E-state index in [0.717, 1.165) is 32.2 Å². The summed E-state index contributed by atoms with van der Waals surface area (Å²) in [5.74, 6) is 2.48. The second-order valence-corrected chi connectivity index (χ2v) is 6.14. The van der Waals surface area contributed by atoms with Crippen LogP contribution in [0.4, 0.5) is 0 Å². The van der Waals surface area contributed by atoms with Crippen molar-refractivity contribution in [2.24, 2.45) is 23.7 Å². The van der Waals surface area contributed by atoms with Crippen LogP contribution in [0.3, 0.4) is 0 Å². The zero-order chi connectivity index (χ0) is 13.7. The van der Waals surface area contributed by atoms with Gasteiger partial charge in [-0.15, -0.1) is 0 Å². The lowest BCUT2D eigenvalue weighted by atomic mass is 9.94. The first kappa shape index (κ1) is 15.2. The molecule has 1 saturated carbocycles. The van der Waals surface area contributed by atoms with Gasteiger partial charge in [-0.3, -0.25) is 9.59 Å². The number of rotatable bonds is 2. The van der Waals surface area contributed by atoms with Crippen molar-refractivity contribution in [3.8, 4) is 0 Å². The summed E-state index contributed by atoms with van der Waals surface area (Å²) < 4.78 is 0. The first-order valence-electron chi connectivity index (χ1n) is 7.24. The molecule has 3 nitrogen and oxygen atoms in total. The summed E-state index contributed by atoms with van der Waals surface area (Å²) in [5, 5.41) is 2.81. The number of nitrogens with one attached hydrogen (secondary N) is 1. The van der Waals surface area contributed by atoms with E-state index in [9.17, 15) is 9.59 Å². The summed E-state index contributed by atoms with van der Waals surface area (Å²) in [6.45, 7) is 9.33. The van der Waals surface area contributed by atoms with E-state index in [1.807, 2.05) is 0 Å². The quantitative estimate of drug-likeness (QED) is 0.822. The molecule has 2 atom stereocenters. The minimum Gasteiger partial charge on any atom is -0.356 e. The molecule has 0 spiro atoms. The number of Topliss-reactive ketones (excluding diaryl/α,β-unsaturated/α-hetero) is 1. The largest absolute Gasteiger partial charge is 0.356 e. The molecule has 18 heavy (non-hydrogen) atoms. The van der Waals surface area contributed by atoms with Gasteiger partial charge in [0.25, 0.3) is 0 Å². The normalized spacial score (nSPS) is 27.4. The zero-order valence-electron chi connectivity index (χ0n) is 12.2. The van der Waals surface area contributed by atoms with E-state index in [1.165, 1.54) is 0 Å². The Bertz CT molecular complexity index is 267. The molecule has 1 saturated heterocycles. The van der Waals surface area contributed by atoms with Crippen molar-refractivity contribution in [2.45, 2.75) is 53.4 Å². The highest BCUT2D eigenvalue weighted by molar-refractivity contribution is 5.83. The Kier molecular flexibility index (Phi) is 5.83. The van der Waals surface area contributed by atoms with Crippen LogP contribution < -0.4 is 5.32 Å². The molecule has 1 amide bonds. The third-order valence-corrected chi connectivity index (χ3v) is 4.05. The maximum absolute atomic E-state index is 11.0. The van der Waals surface area contributed by atoms with Crippen LogP contribution in [0.5, 0.6) is 0 Å². The molecular formula is C15H27NO2. The highest BCUT2D eigenvalue weighted by atomic mass is 16.2. The zero-order valence-corrected chi connectivity index (χ0v) is 12.2. The van der Waals surface area contributed by atoms with Gasteiger partial charge in [-0.25, -0.2) is 0 Å². The lowest BCUT2D eigenvalue weighted by molar-refractivity contribution is -0.123. The van der Waals surface area contributed by atoms with Crippen molar-refractivity contribution in [1.82, 2.24) is 5.32 Å². The minimum absolute atomic E-state index is 0.241. The Morgan fingerprint density at radius 1 is 1.00 bits per heavy atom. The van der Waals surface area contributed by atoms with Crippen LogP contribution in [0.1, 0.15) is 53.4 Å². The average Bonchev–Trinajstić information content (AvgIpc) is 2.87. The predicted molar refractivity (Wildman–Crippen MR) is 73.1 cm³/mol. The van der Waals surface area contributed by atoms with Gasteiger partial charge in [0.1, 0.15) is 5.78 Å². The van der Waals surface area contributed by atoms with E-state index in [1.54, 1.807) is 0 Å². The molecule has 1 aliphatic heterocycles. The molecule has 1 N–H and O–H groups in total. The lowest BCUT2D eigenvalue weighted by Crippen LogP contribution is -2.22. The van der Waals surface area contributed by atoms with Crippen molar-refractivity contribution in [2.75, 3.05) is 6.54 Å². The number of carbonyl (C=O) groups excluding carboxylic acids is 2. The van der Waals surface area contributed by atoms with E-state index in [-0.39, 0.29) is 11.8 Å². The first-order valence-corrected chi connectivity index (χ1v) is 7.24. The van der Waals surface area contributed by atoms with Gasteiger partial charge in [-0.2, -0.15) is 0 Å². The van der Waals surface area contributed by atoms with E-state index < -0.39 is 0 Å². The number of ketones is 1. The molecule has 2 rings (SSSR count). The monoisotopic (exact) mass is 253 g/mol. The summed E-state index contributed by atoms with van der Waals surface area (Å²) in [7, 11) is 0. The second kappa shape index (κ2) is 6.91. The standard InChI is InChI=1S/C8H14O.C7H13NO/c1-6(2)7-4-3-5-8(7)9;1-5(2)6-3-4-8-7(6)9/h6-7H,3-5H2,1-2H3;5-6H,3-4H2,1-2H3,(H,8,9)/t7-;6-/m10/s1. The summed E-state index contributed by atoms with van der Waals surface area (Å²) in [6, 6.07) is 0. The average molecular weight is 253 g/mol.